The second-order valence-electron chi connectivity index (χ2n) is 7.70. The van der Waals surface area contributed by atoms with Crippen molar-refractivity contribution in [1.29, 1.82) is 0 Å². The summed E-state index contributed by atoms with van der Waals surface area (Å²) >= 11 is 0. The molecule has 0 aliphatic carbocycles. The minimum Gasteiger partial charge on any atom is -0.343 e. The molecule has 0 atom stereocenters. The lowest BCUT2D eigenvalue weighted by Gasteiger charge is -2.34. The Kier molecular flexibility index (Phi) is 7.03. The molecule has 0 radical (unpaired) electrons. The zero-order valence-corrected chi connectivity index (χ0v) is 17.8. The van der Waals surface area contributed by atoms with Gasteiger partial charge in [-0.1, -0.05) is 30.3 Å². The Balaban J connectivity index is 1.75. The highest BCUT2D eigenvalue weighted by Crippen LogP contribution is 2.32. The van der Waals surface area contributed by atoms with Crippen LogP contribution in [0.5, 0.6) is 0 Å². The summed E-state index contributed by atoms with van der Waals surface area (Å²) in [6.07, 6.45) is -3.17. The van der Waals surface area contributed by atoms with Gasteiger partial charge in [0.2, 0.25) is 5.91 Å². The van der Waals surface area contributed by atoms with Crippen LogP contribution in [0.25, 0.3) is 11.1 Å². The first-order valence-electron chi connectivity index (χ1n) is 10.6. The molecule has 2 aromatic rings. The van der Waals surface area contributed by atoms with E-state index >= 15 is 0 Å². The minimum absolute atomic E-state index is 0.0749. The molecule has 0 N–H and O–H groups in total. The van der Waals surface area contributed by atoms with Crippen molar-refractivity contribution in [3.63, 3.8) is 0 Å². The summed E-state index contributed by atoms with van der Waals surface area (Å²) < 4.78 is 38.6. The average Bonchev–Trinajstić information content (AvgIpc) is 2.79. The smallest absolute Gasteiger partial charge is 0.343 e. The number of carbonyl (C=O) groups excluding carboxylic acids is 2. The summed E-state index contributed by atoms with van der Waals surface area (Å²) in [4.78, 5) is 29.3. The number of benzene rings is 2. The maximum atomic E-state index is 13.2. The molecule has 4 nitrogen and oxygen atoms in total. The van der Waals surface area contributed by atoms with Crippen LogP contribution in [-0.2, 0) is 11.0 Å². The van der Waals surface area contributed by atoms with Gasteiger partial charge in [-0.15, -0.1) is 0 Å². The molecule has 0 aromatic heterocycles. The molecule has 0 spiro atoms. The monoisotopic (exact) mass is 432 g/mol. The third-order valence-electron chi connectivity index (χ3n) is 5.89. The second kappa shape index (κ2) is 9.54. The van der Waals surface area contributed by atoms with Crippen molar-refractivity contribution in [3.05, 3.63) is 59.7 Å². The Hall–Kier alpha value is -2.83. The molecule has 0 saturated carbocycles. The van der Waals surface area contributed by atoms with Gasteiger partial charge in [-0.3, -0.25) is 9.59 Å². The Morgan fingerprint density at radius 1 is 0.968 bits per heavy atom. The summed E-state index contributed by atoms with van der Waals surface area (Å²) in [5, 5.41) is 0. The molecule has 2 aromatic carbocycles. The van der Waals surface area contributed by atoms with Gasteiger partial charge in [0.15, 0.2) is 0 Å². The van der Waals surface area contributed by atoms with E-state index in [4.69, 9.17) is 0 Å². The van der Waals surface area contributed by atoms with Gasteiger partial charge >= 0.3 is 6.18 Å². The van der Waals surface area contributed by atoms with Gasteiger partial charge in [0.25, 0.3) is 5.91 Å². The van der Waals surface area contributed by atoms with E-state index in [0.717, 1.165) is 12.1 Å². The molecule has 7 heteroatoms. The van der Waals surface area contributed by atoms with Gasteiger partial charge in [0.1, 0.15) is 0 Å². The lowest BCUT2D eigenvalue weighted by Crippen LogP contribution is -2.44. The Labute approximate surface area is 180 Å². The molecule has 166 valence electrons. The zero-order chi connectivity index (χ0) is 22.6. The highest BCUT2D eigenvalue weighted by Gasteiger charge is 2.31. The molecule has 1 fully saturated rings. The van der Waals surface area contributed by atoms with Gasteiger partial charge in [0.05, 0.1) is 5.56 Å². The number of nitrogens with zero attached hydrogens (tertiary/aromatic N) is 2. The summed E-state index contributed by atoms with van der Waals surface area (Å²) in [6, 6.07) is 11.8. The number of amides is 2. The normalized spacial score (nSPS) is 15.1. The van der Waals surface area contributed by atoms with E-state index in [1.54, 1.807) is 29.2 Å². The largest absolute Gasteiger partial charge is 0.416 e. The van der Waals surface area contributed by atoms with Crippen molar-refractivity contribution in [2.45, 2.75) is 32.9 Å². The first kappa shape index (κ1) is 22.8. The Bertz CT molecular complexity index is 913. The Morgan fingerprint density at radius 3 is 2.10 bits per heavy atom. The van der Waals surface area contributed by atoms with E-state index in [-0.39, 0.29) is 17.7 Å². The highest BCUT2D eigenvalue weighted by molar-refractivity contribution is 6.01. The number of carbonyl (C=O) groups is 2. The maximum Gasteiger partial charge on any atom is 0.416 e. The lowest BCUT2D eigenvalue weighted by atomic mass is 9.93. The van der Waals surface area contributed by atoms with E-state index < -0.39 is 11.7 Å². The number of likely N-dealkylation sites (tertiary alicyclic amines) is 1. The van der Waals surface area contributed by atoms with Crippen LogP contribution in [0, 0.1) is 5.92 Å². The van der Waals surface area contributed by atoms with Crippen LogP contribution in [0.2, 0.25) is 0 Å². The van der Waals surface area contributed by atoms with E-state index in [1.165, 1.54) is 12.1 Å². The maximum absolute atomic E-state index is 13.2. The summed E-state index contributed by atoms with van der Waals surface area (Å²) in [5.74, 6) is -0.0967. The lowest BCUT2D eigenvalue weighted by molar-refractivity contribution is -0.138. The molecule has 1 aliphatic heterocycles. The molecular weight excluding hydrogens is 405 g/mol. The molecule has 2 amide bonds. The van der Waals surface area contributed by atoms with E-state index in [1.807, 2.05) is 18.7 Å². The fourth-order valence-electron chi connectivity index (χ4n) is 4.05. The van der Waals surface area contributed by atoms with Gasteiger partial charge in [0, 0.05) is 37.7 Å². The number of halogens is 3. The van der Waals surface area contributed by atoms with Gasteiger partial charge in [-0.2, -0.15) is 13.2 Å². The number of piperidine rings is 1. The van der Waals surface area contributed by atoms with E-state index in [9.17, 15) is 22.8 Å². The fraction of sp³-hybridized carbons (Fsp3) is 0.417. The molecule has 0 bridgehead atoms. The number of alkyl halides is 3. The molecule has 31 heavy (non-hydrogen) atoms. The van der Waals surface area contributed by atoms with Crippen molar-refractivity contribution >= 4 is 11.8 Å². The van der Waals surface area contributed by atoms with Crippen molar-refractivity contribution in [2.75, 3.05) is 26.2 Å². The van der Waals surface area contributed by atoms with Crippen LogP contribution in [0.1, 0.15) is 42.6 Å². The van der Waals surface area contributed by atoms with Gasteiger partial charge < -0.3 is 9.80 Å². The average molecular weight is 432 g/mol. The van der Waals surface area contributed by atoms with E-state index in [0.29, 0.717) is 55.7 Å². The van der Waals surface area contributed by atoms with Crippen molar-refractivity contribution in [1.82, 2.24) is 9.80 Å². The van der Waals surface area contributed by atoms with Crippen LogP contribution in [0.15, 0.2) is 48.5 Å². The molecule has 1 saturated heterocycles. The van der Waals surface area contributed by atoms with Crippen LogP contribution in [-0.4, -0.2) is 47.8 Å². The minimum atomic E-state index is -4.40. The highest BCUT2D eigenvalue weighted by atomic mass is 19.4. The number of hydrogen-bond donors (Lipinski definition) is 0. The number of rotatable bonds is 5. The Morgan fingerprint density at radius 2 is 1.55 bits per heavy atom. The topological polar surface area (TPSA) is 40.6 Å². The first-order valence-corrected chi connectivity index (χ1v) is 10.6. The van der Waals surface area contributed by atoms with Crippen LogP contribution < -0.4 is 0 Å². The quantitative estimate of drug-likeness (QED) is 0.660. The third kappa shape index (κ3) is 5.09. The van der Waals surface area contributed by atoms with Crippen LogP contribution >= 0.6 is 0 Å². The number of hydrogen-bond acceptors (Lipinski definition) is 2. The predicted octanol–water partition coefficient (Wildman–Crippen LogP) is 5.09. The second-order valence-corrected chi connectivity index (χ2v) is 7.70. The van der Waals surface area contributed by atoms with Crippen molar-refractivity contribution in [2.24, 2.45) is 5.92 Å². The fourth-order valence-corrected chi connectivity index (χ4v) is 4.05. The SMILES string of the molecule is CCN(CC)C(=O)C1CCN(C(=O)c2ccccc2-c2ccc(C(F)(F)F)cc2)CC1. The predicted molar refractivity (Wildman–Crippen MR) is 113 cm³/mol. The van der Waals surface area contributed by atoms with Crippen LogP contribution in [0.4, 0.5) is 13.2 Å². The summed E-state index contributed by atoms with van der Waals surface area (Å²) in [5.41, 5.74) is 0.891. The standard InChI is InChI=1S/C24H27F3N2O2/c1-3-28(4-2)22(30)18-13-15-29(16-14-18)23(31)21-8-6-5-7-20(21)17-9-11-19(12-10-17)24(25,26)27/h5-12,18H,3-4,13-16H2,1-2H3. The molecule has 3 rings (SSSR count). The first-order chi connectivity index (χ1) is 14.8. The van der Waals surface area contributed by atoms with Crippen LogP contribution in [0.3, 0.4) is 0 Å². The zero-order valence-electron chi connectivity index (χ0n) is 17.8. The molecule has 1 aliphatic rings. The third-order valence-corrected chi connectivity index (χ3v) is 5.89. The van der Waals surface area contributed by atoms with Gasteiger partial charge in [-0.25, -0.2) is 0 Å². The molecule has 0 unspecified atom stereocenters. The van der Waals surface area contributed by atoms with Crippen molar-refractivity contribution in [3.8, 4) is 11.1 Å². The molecule has 1 heterocycles. The summed E-state index contributed by atoms with van der Waals surface area (Å²) in [7, 11) is 0. The summed E-state index contributed by atoms with van der Waals surface area (Å²) in [6.45, 7) is 6.23. The van der Waals surface area contributed by atoms with E-state index in [2.05, 4.69) is 0 Å². The molecular formula is C24H27F3N2O2. The van der Waals surface area contributed by atoms with Crippen molar-refractivity contribution < 1.29 is 22.8 Å². The van der Waals surface area contributed by atoms with Gasteiger partial charge in [-0.05, 0) is 56.0 Å².